The van der Waals surface area contributed by atoms with E-state index in [9.17, 15) is 0 Å². The highest BCUT2D eigenvalue weighted by Crippen LogP contribution is 2.24. The minimum Gasteiger partial charge on any atom is -0.478 e. The SMILES string of the molecule is CCOc1ccc(NC2=NC(CC(C)C)CS2)cn1. The van der Waals surface area contributed by atoms with Gasteiger partial charge in [-0.05, 0) is 25.3 Å². The fourth-order valence-corrected chi connectivity index (χ4v) is 2.93. The largest absolute Gasteiger partial charge is 0.478 e. The second kappa shape index (κ2) is 6.80. The van der Waals surface area contributed by atoms with Crippen LogP contribution in [0.15, 0.2) is 23.3 Å². The zero-order chi connectivity index (χ0) is 13.7. The molecule has 0 radical (unpaired) electrons. The Morgan fingerprint density at radius 2 is 2.32 bits per heavy atom. The highest BCUT2D eigenvalue weighted by molar-refractivity contribution is 8.14. The van der Waals surface area contributed by atoms with Crippen molar-refractivity contribution < 1.29 is 4.74 Å². The molecule has 2 rings (SSSR count). The van der Waals surface area contributed by atoms with Gasteiger partial charge in [0.1, 0.15) is 0 Å². The van der Waals surface area contributed by atoms with E-state index >= 15 is 0 Å². The van der Waals surface area contributed by atoms with E-state index in [2.05, 4.69) is 24.1 Å². The van der Waals surface area contributed by atoms with Crippen molar-refractivity contribution >= 4 is 22.6 Å². The Morgan fingerprint density at radius 3 is 2.95 bits per heavy atom. The van der Waals surface area contributed by atoms with Crippen molar-refractivity contribution in [3.8, 4) is 5.88 Å². The first-order valence-corrected chi connectivity index (χ1v) is 7.72. The molecule has 0 amide bonds. The van der Waals surface area contributed by atoms with Crippen LogP contribution < -0.4 is 10.1 Å². The van der Waals surface area contributed by atoms with Gasteiger partial charge in [0.05, 0.1) is 24.5 Å². The predicted molar refractivity (Wildman–Crippen MR) is 82.2 cm³/mol. The van der Waals surface area contributed by atoms with Crippen molar-refractivity contribution in [2.45, 2.75) is 33.2 Å². The Labute approximate surface area is 119 Å². The molecule has 104 valence electrons. The van der Waals surface area contributed by atoms with E-state index < -0.39 is 0 Å². The van der Waals surface area contributed by atoms with Gasteiger partial charge in [0.25, 0.3) is 0 Å². The lowest BCUT2D eigenvalue weighted by Crippen LogP contribution is -2.08. The molecule has 4 nitrogen and oxygen atoms in total. The van der Waals surface area contributed by atoms with Gasteiger partial charge in [0.2, 0.25) is 5.88 Å². The molecule has 1 aromatic heterocycles. The minimum absolute atomic E-state index is 0.447. The average molecular weight is 279 g/mol. The van der Waals surface area contributed by atoms with Crippen molar-refractivity contribution in [3.05, 3.63) is 18.3 Å². The summed E-state index contributed by atoms with van der Waals surface area (Å²) in [5.41, 5.74) is 0.958. The molecule has 1 aliphatic rings. The summed E-state index contributed by atoms with van der Waals surface area (Å²) >= 11 is 1.78. The molecule has 0 spiro atoms. The molecule has 0 aromatic carbocycles. The highest BCUT2D eigenvalue weighted by atomic mass is 32.2. The maximum Gasteiger partial charge on any atom is 0.213 e. The van der Waals surface area contributed by atoms with Crippen LogP contribution in [0.3, 0.4) is 0 Å². The monoisotopic (exact) mass is 279 g/mol. The number of nitrogens with zero attached hydrogens (tertiary/aromatic N) is 2. The number of hydrogen-bond acceptors (Lipinski definition) is 5. The summed E-state index contributed by atoms with van der Waals surface area (Å²) in [5.74, 6) is 2.43. The first-order valence-electron chi connectivity index (χ1n) is 6.74. The van der Waals surface area contributed by atoms with Crippen LogP contribution in [0.5, 0.6) is 5.88 Å². The standard InChI is InChI=1S/C14H21N3OS/c1-4-18-13-6-5-11(8-15-13)16-14-17-12(9-19-14)7-10(2)3/h5-6,8,10,12H,4,7,9H2,1-3H3,(H,16,17). The van der Waals surface area contributed by atoms with E-state index in [1.54, 1.807) is 18.0 Å². The number of hydrogen-bond donors (Lipinski definition) is 1. The van der Waals surface area contributed by atoms with Crippen LogP contribution in [-0.2, 0) is 0 Å². The topological polar surface area (TPSA) is 46.5 Å². The normalized spacial score (nSPS) is 18.5. The Morgan fingerprint density at radius 1 is 1.47 bits per heavy atom. The molecule has 0 fully saturated rings. The summed E-state index contributed by atoms with van der Waals surface area (Å²) in [7, 11) is 0. The van der Waals surface area contributed by atoms with E-state index in [1.807, 2.05) is 19.1 Å². The number of rotatable bonds is 5. The summed E-state index contributed by atoms with van der Waals surface area (Å²) in [6.45, 7) is 7.07. The third kappa shape index (κ3) is 4.42. The summed E-state index contributed by atoms with van der Waals surface area (Å²) in [6, 6.07) is 4.29. The Kier molecular flexibility index (Phi) is 5.07. The van der Waals surface area contributed by atoms with Gasteiger partial charge in [-0.3, -0.25) is 4.99 Å². The number of aliphatic imine (C=N–C) groups is 1. The third-order valence-electron chi connectivity index (χ3n) is 2.74. The van der Waals surface area contributed by atoms with Crippen molar-refractivity contribution in [1.29, 1.82) is 0 Å². The van der Waals surface area contributed by atoms with E-state index in [-0.39, 0.29) is 0 Å². The molecule has 0 aliphatic carbocycles. The van der Waals surface area contributed by atoms with Crippen LogP contribution in [0.25, 0.3) is 0 Å². The average Bonchev–Trinajstić information content (AvgIpc) is 2.78. The first-order chi connectivity index (χ1) is 9.17. The molecule has 1 unspecified atom stereocenters. The number of aromatic nitrogens is 1. The van der Waals surface area contributed by atoms with E-state index in [4.69, 9.17) is 9.73 Å². The quantitative estimate of drug-likeness (QED) is 0.897. The number of anilines is 1. The molecule has 19 heavy (non-hydrogen) atoms. The Balaban J connectivity index is 1.90. The summed E-state index contributed by atoms with van der Waals surface area (Å²) in [4.78, 5) is 8.92. The molecular formula is C14H21N3OS. The summed E-state index contributed by atoms with van der Waals surface area (Å²) < 4.78 is 5.32. The van der Waals surface area contributed by atoms with Crippen LogP contribution in [0, 0.1) is 5.92 Å². The third-order valence-corrected chi connectivity index (χ3v) is 3.77. The molecule has 2 heterocycles. The molecule has 0 saturated carbocycles. The lowest BCUT2D eigenvalue weighted by molar-refractivity contribution is 0.327. The molecular weight excluding hydrogens is 258 g/mol. The number of pyridine rings is 1. The van der Waals surface area contributed by atoms with Gasteiger partial charge >= 0.3 is 0 Å². The molecule has 0 saturated heterocycles. The summed E-state index contributed by atoms with van der Waals surface area (Å²) in [5, 5.41) is 4.31. The van der Waals surface area contributed by atoms with Gasteiger partial charge in [-0.1, -0.05) is 25.6 Å². The van der Waals surface area contributed by atoms with Crippen LogP contribution in [0.4, 0.5) is 5.69 Å². The molecule has 0 bridgehead atoms. The first kappa shape index (κ1) is 14.2. The zero-order valence-electron chi connectivity index (χ0n) is 11.7. The smallest absolute Gasteiger partial charge is 0.213 e. The molecule has 5 heteroatoms. The van der Waals surface area contributed by atoms with Gasteiger partial charge < -0.3 is 10.1 Å². The van der Waals surface area contributed by atoms with Crippen LogP contribution >= 0.6 is 11.8 Å². The Hall–Kier alpha value is -1.23. The van der Waals surface area contributed by atoms with Crippen LogP contribution in [0.2, 0.25) is 0 Å². The van der Waals surface area contributed by atoms with Crippen molar-refractivity contribution in [3.63, 3.8) is 0 Å². The molecule has 1 N–H and O–H groups in total. The molecule has 1 aromatic rings. The van der Waals surface area contributed by atoms with Crippen molar-refractivity contribution in [2.24, 2.45) is 10.9 Å². The lowest BCUT2D eigenvalue weighted by Gasteiger charge is -2.07. The van der Waals surface area contributed by atoms with E-state index in [0.29, 0.717) is 24.4 Å². The van der Waals surface area contributed by atoms with Gasteiger partial charge in [-0.2, -0.15) is 0 Å². The van der Waals surface area contributed by atoms with Crippen LogP contribution in [-0.4, -0.2) is 28.6 Å². The van der Waals surface area contributed by atoms with Gasteiger partial charge in [-0.15, -0.1) is 0 Å². The second-order valence-electron chi connectivity index (χ2n) is 4.97. The number of thioether (sulfide) groups is 1. The highest BCUT2D eigenvalue weighted by Gasteiger charge is 2.19. The lowest BCUT2D eigenvalue weighted by atomic mass is 10.1. The molecule has 1 aliphatic heterocycles. The van der Waals surface area contributed by atoms with Crippen LogP contribution in [0.1, 0.15) is 27.2 Å². The van der Waals surface area contributed by atoms with Gasteiger partial charge in [0.15, 0.2) is 5.17 Å². The molecule has 1 atom stereocenters. The minimum atomic E-state index is 0.447. The van der Waals surface area contributed by atoms with Crippen molar-refractivity contribution in [1.82, 2.24) is 4.98 Å². The van der Waals surface area contributed by atoms with Gasteiger partial charge in [0, 0.05) is 11.8 Å². The Bertz CT molecular complexity index is 431. The number of nitrogens with one attached hydrogen (secondary N) is 1. The maximum absolute atomic E-state index is 5.32. The number of amidine groups is 1. The van der Waals surface area contributed by atoms with Crippen molar-refractivity contribution in [2.75, 3.05) is 17.7 Å². The second-order valence-corrected chi connectivity index (χ2v) is 5.98. The van der Waals surface area contributed by atoms with E-state index in [0.717, 1.165) is 23.0 Å². The number of ether oxygens (including phenoxy) is 1. The summed E-state index contributed by atoms with van der Waals surface area (Å²) in [6.07, 6.45) is 2.93. The van der Waals surface area contributed by atoms with E-state index in [1.165, 1.54) is 0 Å². The van der Waals surface area contributed by atoms with Gasteiger partial charge in [-0.25, -0.2) is 4.98 Å². The predicted octanol–water partition coefficient (Wildman–Crippen LogP) is 3.41. The zero-order valence-corrected chi connectivity index (χ0v) is 12.5. The maximum atomic E-state index is 5.32. The fourth-order valence-electron chi connectivity index (χ4n) is 1.96. The fraction of sp³-hybridized carbons (Fsp3) is 0.571.